The van der Waals surface area contributed by atoms with Gasteiger partial charge < -0.3 is 19.8 Å². The van der Waals surface area contributed by atoms with Crippen LogP contribution in [0.5, 0.6) is 0 Å². The Morgan fingerprint density at radius 3 is 2.30 bits per heavy atom. The summed E-state index contributed by atoms with van der Waals surface area (Å²) in [5, 5.41) is 12.0. The van der Waals surface area contributed by atoms with Crippen molar-refractivity contribution in [2.45, 2.75) is 50.7 Å². The molecule has 0 aromatic heterocycles. The molecule has 0 bridgehead atoms. The minimum absolute atomic E-state index is 0.0180. The van der Waals surface area contributed by atoms with E-state index >= 15 is 0 Å². The number of aliphatic hydroxyl groups excluding tert-OH is 1. The van der Waals surface area contributed by atoms with Gasteiger partial charge >= 0.3 is 0 Å². The van der Waals surface area contributed by atoms with E-state index in [1.54, 1.807) is 0 Å². The van der Waals surface area contributed by atoms with Gasteiger partial charge in [-0.05, 0) is 79.9 Å². The quantitative estimate of drug-likeness (QED) is 0.412. The van der Waals surface area contributed by atoms with Crippen molar-refractivity contribution in [2.24, 2.45) is 10.9 Å². The minimum atomic E-state index is -0.670. The van der Waals surface area contributed by atoms with Crippen LogP contribution in [0, 0.1) is 5.92 Å². The lowest BCUT2D eigenvalue weighted by molar-refractivity contribution is -0.140. The molecule has 1 aliphatic carbocycles. The summed E-state index contributed by atoms with van der Waals surface area (Å²) in [4.78, 5) is 41.6. The molecule has 2 amide bonds. The second kappa shape index (κ2) is 12.0. The highest BCUT2D eigenvalue weighted by Gasteiger charge is 2.54. The molecule has 2 atom stereocenters. The Morgan fingerprint density at radius 2 is 1.70 bits per heavy atom. The van der Waals surface area contributed by atoms with Crippen LogP contribution in [-0.4, -0.2) is 93.6 Å². The molecule has 8 nitrogen and oxygen atoms in total. The first-order chi connectivity index (χ1) is 21.0. The molecular formula is C33H39Cl2N5O3S. The van der Waals surface area contributed by atoms with E-state index in [1.165, 1.54) is 16.7 Å². The zero-order valence-corrected chi connectivity index (χ0v) is 27.9. The molecule has 2 aromatic rings. The number of hydrogen-bond acceptors (Lipinski definition) is 7. The van der Waals surface area contributed by atoms with Crippen LogP contribution in [0.1, 0.15) is 50.8 Å². The maximum Gasteiger partial charge on any atom is 0.263 e. The van der Waals surface area contributed by atoms with E-state index in [9.17, 15) is 14.7 Å². The number of piperazine rings is 1. The van der Waals surface area contributed by atoms with E-state index in [1.807, 2.05) is 53.4 Å². The van der Waals surface area contributed by atoms with E-state index in [-0.39, 0.29) is 49.0 Å². The number of amides is 2. The molecule has 3 aliphatic heterocycles. The van der Waals surface area contributed by atoms with Crippen molar-refractivity contribution in [3.05, 3.63) is 80.3 Å². The topological polar surface area (TPSA) is 79.7 Å². The van der Waals surface area contributed by atoms with Crippen LogP contribution in [0.4, 0.5) is 0 Å². The lowest BCUT2D eigenvalue weighted by Crippen LogP contribution is -2.56. The van der Waals surface area contributed by atoms with E-state index < -0.39 is 5.54 Å². The third-order valence-corrected chi connectivity index (χ3v) is 11.1. The molecule has 44 heavy (non-hydrogen) atoms. The summed E-state index contributed by atoms with van der Waals surface area (Å²) >= 11 is 13.9. The Hall–Kier alpha value is -2.56. The molecule has 0 unspecified atom stereocenters. The number of allylic oxidation sites excluding steroid dienone is 1. The molecule has 2 fully saturated rings. The largest absolute Gasteiger partial charge is 0.395 e. The number of nitrogens with zero attached hydrogens (tertiary/aromatic N) is 5. The second-order valence-corrected chi connectivity index (χ2v) is 14.6. The highest BCUT2D eigenvalue weighted by atomic mass is 35.5. The molecule has 6 rings (SSSR count). The summed E-state index contributed by atoms with van der Waals surface area (Å²) in [6.07, 6.45) is 2.19. The normalized spacial score (nSPS) is 24.3. The van der Waals surface area contributed by atoms with Crippen LogP contribution in [0.25, 0.3) is 0 Å². The average Bonchev–Trinajstić information content (AvgIpc) is 3.58. The van der Waals surface area contributed by atoms with Gasteiger partial charge in [-0.25, -0.2) is 4.99 Å². The fraction of sp³-hybridized carbons (Fsp3) is 0.485. The zero-order chi connectivity index (χ0) is 31.4. The van der Waals surface area contributed by atoms with Gasteiger partial charge in [0.05, 0.1) is 12.6 Å². The van der Waals surface area contributed by atoms with E-state index in [2.05, 4.69) is 37.6 Å². The van der Waals surface area contributed by atoms with Crippen molar-refractivity contribution in [1.82, 2.24) is 19.6 Å². The smallest absolute Gasteiger partial charge is 0.263 e. The second-order valence-electron chi connectivity index (χ2n) is 12.8. The highest BCUT2D eigenvalue weighted by Crippen LogP contribution is 2.56. The number of rotatable bonds is 8. The van der Waals surface area contributed by atoms with Gasteiger partial charge in [0.25, 0.3) is 5.91 Å². The van der Waals surface area contributed by atoms with Gasteiger partial charge in [0.2, 0.25) is 5.91 Å². The van der Waals surface area contributed by atoms with Gasteiger partial charge in [-0.3, -0.25) is 14.5 Å². The Morgan fingerprint density at radius 1 is 1.07 bits per heavy atom. The van der Waals surface area contributed by atoms with Gasteiger partial charge in [-0.2, -0.15) is 0 Å². The van der Waals surface area contributed by atoms with Crippen molar-refractivity contribution in [3.63, 3.8) is 0 Å². The standard InChI is InChI=1S/C33H39Cl2N5O3S/c1-21(2)27-28(30(43)38(17-18-41)19-26(42)39-16-15-37(4)33(20-39)13-14-33)44-31-36-32(3,23-7-11-25(35)12-8-23)29(40(27)31)22-5-9-24(34)10-6-22/h5-12,21,29,41H,13-20H2,1-4H3/t29-,32+/m1/s1. The Balaban J connectivity index is 1.34. The number of carbonyl (C=O) groups is 2. The number of amidine groups is 1. The van der Waals surface area contributed by atoms with Crippen LogP contribution < -0.4 is 0 Å². The van der Waals surface area contributed by atoms with E-state index in [4.69, 9.17) is 28.2 Å². The summed E-state index contributed by atoms with van der Waals surface area (Å²) in [6, 6.07) is 15.3. The molecule has 1 saturated heterocycles. The van der Waals surface area contributed by atoms with Crippen molar-refractivity contribution >= 4 is 51.9 Å². The molecule has 11 heteroatoms. The predicted octanol–water partition coefficient (Wildman–Crippen LogP) is 5.36. The third-order valence-electron chi connectivity index (χ3n) is 9.53. The number of carbonyl (C=O) groups excluding carboxylic acids is 2. The SMILES string of the molecule is CC(C)C1=C(C(=O)N(CCO)CC(=O)N2CCN(C)C3(CC3)C2)SC2=N[C@@](C)(c3ccc(Cl)cc3)[C@@H](c3ccc(Cl)cc3)N21. The van der Waals surface area contributed by atoms with Gasteiger partial charge in [0, 0.05) is 47.5 Å². The minimum Gasteiger partial charge on any atom is -0.395 e. The van der Waals surface area contributed by atoms with Crippen LogP contribution >= 0.6 is 35.0 Å². The summed E-state index contributed by atoms with van der Waals surface area (Å²) in [6.45, 7) is 8.20. The van der Waals surface area contributed by atoms with Crippen LogP contribution in [0.2, 0.25) is 10.0 Å². The van der Waals surface area contributed by atoms with Gasteiger partial charge in [0.1, 0.15) is 17.0 Å². The molecule has 1 saturated carbocycles. The summed E-state index contributed by atoms with van der Waals surface area (Å²) in [5.74, 6) is -0.347. The number of hydrogen-bond donors (Lipinski definition) is 1. The lowest BCUT2D eigenvalue weighted by Gasteiger charge is -2.40. The molecule has 0 radical (unpaired) electrons. The zero-order valence-electron chi connectivity index (χ0n) is 25.6. The number of thioether (sulfide) groups is 1. The van der Waals surface area contributed by atoms with Crippen molar-refractivity contribution in [1.29, 1.82) is 0 Å². The summed E-state index contributed by atoms with van der Waals surface area (Å²) in [7, 11) is 2.12. The average molecular weight is 657 g/mol. The molecule has 3 heterocycles. The summed E-state index contributed by atoms with van der Waals surface area (Å²) < 4.78 is 0. The maximum absolute atomic E-state index is 14.3. The number of fused-ring (bicyclic) bond motifs is 1. The molecule has 1 spiro atoms. The highest BCUT2D eigenvalue weighted by molar-refractivity contribution is 8.18. The van der Waals surface area contributed by atoms with E-state index in [0.29, 0.717) is 28.0 Å². The van der Waals surface area contributed by atoms with Crippen molar-refractivity contribution in [3.8, 4) is 0 Å². The maximum atomic E-state index is 14.3. The number of halogens is 2. The van der Waals surface area contributed by atoms with Gasteiger partial charge in [0.15, 0.2) is 5.17 Å². The van der Waals surface area contributed by atoms with Gasteiger partial charge in [-0.1, -0.05) is 61.3 Å². The van der Waals surface area contributed by atoms with Crippen molar-refractivity contribution in [2.75, 3.05) is 46.4 Å². The monoisotopic (exact) mass is 655 g/mol. The number of aliphatic hydroxyl groups is 1. The van der Waals surface area contributed by atoms with Crippen LogP contribution in [0.15, 0.2) is 64.1 Å². The fourth-order valence-electron chi connectivity index (χ4n) is 6.80. The molecule has 234 valence electrons. The molecule has 1 N–H and O–H groups in total. The summed E-state index contributed by atoms with van der Waals surface area (Å²) in [5.41, 5.74) is 2.31. The first-order valence-corrected chi connectivity index (χ1v) is 16.8. The molecule has 2 aromatic carbocycles. The Kier molecular flexibility index (Phi) is 8.56. The Bertz CT molecular complexity index is 1510. The predicted molar refractivity (Wildman–Crippen MR) is 177 cm³/mol. The lowest BCUT2D eigenvalue weighted by atomic mass is 9.81. The number of likely N-dealkylation sites (N-methyl/N-ethyl adjacent to an activating group) is 1. The van der Waals surface area contributed by atoms with Crippen LogP contribution in [0.3, 0.4) is 0 Å². The van der Waals surface area contributed by atoms with Crippen molar-refractivity contribution < 1.29 is 14.7 Å². The van der Waals surface area contributed by atoms with E-state index in [0.717, 1.165) is 41.4 Å². The third kappa shape index (κ3) is 5.55. The van der Waals surface area contributed by atoms with Gasteiger partial charge in [-0.15, -0.1) is 0 Å². The number of aliphatic imine (C=N–C) groups is 1. The first-order valence-electron chi connectivity index (χ1n) is 15.2. The fourth-order valence-corrected chi connectivity index (χ4v) is 8.43. The van der Waals surface area contributed by atoms with Crippen LogP contribution in [-0.2, 0) is 15.1 Å². The molecular weight excluding hydrogens is 617 g/mol. The Labute approximate surface area is 273 Å². The molecule has 4 aliphatic rings. The number of benzene rings is 2. The first kappa shape index (κ1) is 31.4.